The fourth-order valence-electron chi connectivity index (χ4n) is 2.87. The average molecular weight is 303 g/mol. The highest BCUT2D eigenvalue weighted by atomic mass is 16.5. The molecule has 3 N–H and O–H groups in total. The highest BCUT2D eigenvalue weighted by Gasteiger charge is 2.40. The predicted octanol–water partition coefficient (Wildman–Crippen LogP) is -0.215. The summed E-state index contributed by atoms with van der Waals surface area (Å²) >= 11 is 0. The minimum atomic E-state index is -0.611. The molecule has 3 amide bonds. The van der Waals surface area contributed by atoms with Crippen LogP contribution in [0.15, 0.2) is 18.2 Å². The number of fused-ring (bicyclic) bond motifs is 1. The zero-order chi connectivity index (χ0) is 15.7. The van der Waals surface area contributed by atoms with Crippen molar-refractivity contribution in [3.63, 3.8) is 0 Å². The molecule has 0 bridgehead atoms. The number of benzene rings is 1. The van der Waals surface area contributed by atoms with Crippen molar-refractivity contribution in [1.82, 2.24) is 10.2 Å². The van der Waals surface area contributed by atoms with Gasteiger partial charge in [0.25, 0.3) is 5.91 Å². The van der Waals surface area contributed by atoms with E-state index in [4.69, 9.17) is 10.5 Å². The Hall–Kier alpha value is -2.41. The van der Waals surface area contributed by atoms with Crippen molar-refractivity contribution in [3.8, 4) is 5.75 Å². The summed E-state index contributed by atoms with van der Waals surface area (Å²) < 4.78 is 5.52. The van der Waals surface area contributed by atoms with Crippen LogP contribution in [0.2, 0.25) is 0 Å². The molecule has 0 aliphatic carbocycles. The predicted molar refractivity (Wildman–Crippen MR) is 77.0 cm³/mol. The number of piperidine rings is 1. The van der Waals surface area contributed by atoms with E-state index in [-0.39, 0.29) is 18.2 Å². The summed E-state index contributed by atoms with van der Waals surface area (Å²) in [6.45, 7) is 1.02. The Kier molecular flexibility index (Phi) is 3.81. The Morgan fingerprint density at radius 3 is 2.86 bits per heavy atom. The number of rotatable bonds is 4. The molecule has 0 aromatic heterocycles. The van der Waals surface area contributed by atoms with Crippen molar-refractivity contribution in [2.24, 2.45) is 5.73 Å². The lowest BCUT2D eigenvalue weighted by Crippen LogP contribution is -2.52. The largest absolute Gasteiger partial charge is 0.491 e. The first-order chi connectivity index (χ1) is 10.6. The summed E-state index contributed by atoms with van der Waals surface area (Å²) in [5.74, 6) is -0.459. The molecule has 22 heavy (non-hydrogen) atoms. The molecule has 1 unspecified atom stereocenters. The number of hydrogen-bond acceptors (Lipinski definition) is 5. The maximum atomic E-state index is 12.7. The SMILES string of the molecule is NCCOc1cccc2c1C(=O)N(C1CCC(=O)NC1=O)C2. The van der Waals surface area contributed by atoms with Gasteiger partial charge in [0.1, 0.15) is 18.4 Å². The van der Waals surface area contributed by atoms with Gasteiger partial charge in [-0.05, 0) is 18.1 Å². The third-order valence-corrected chi connectivity index (χ3v) is 3.89. The average Bonchev–Trinajstić information content (AvgIpc) is 2.83. The number of ether oxygens (including phenoxy) is 1. The van der Waals surface area contributed by atoms with Crippen LogP contribution < -0.4 is 15.8 Å². The van der Waals surface area contributed by atoms with E-state index >= 15 is 0 Å². The summed E-state index contributed by atoms with van der Waals surface area (Å²) in [5.41, 5.74) is 6.74. The van der Waals surface area contributed by atoms with Gasteiger partial charge in [0.2, 0.25) is 11.8 Å². The van der Waals surface area contributed by atoms with Gasteiger partial charge >= 0.3 is 0 Å². The molecule has 7 heteroatoms. The smallest absolute Gasteiger partial charge is 0.258 e. The maximum Gasteiger partial charge on any atom is 0.258 e. The van der Waals surface area contributed by atoms with E-state index in [1.54, 1.807) is 6.07 Å². The lowest BCUT2D eigenvalue weighted by atomic mass is 10.0. The molecule has 1 fully saturated rings. The summed E-state index contributed by atoms with van der Waals surface area (Å²) in [4.78, 5) is 37.4. The first-order valence-corrected chi connectivity index (χ1v) is 7.21. The monoisotopic (exact) mass is 303 g/mol. The first-order valence-electron chi connectivity index (χ1n) is 7.21. The number of nitrogens with zero attached hydrogens (tertiary/aromatic N) is 1. The second-order valence-corrected chi connectivity index (χ2v) is 5.33. The van der Waals surface area contributed by atoms with Crippen molar-refractivity contribution < 1.29 is 19.1 Å². The molecule has 2 heterocycles. The molecule has 1 aromatic rings. The van der Waals surface area contributed by atoms with Gasteiger partial charge < -0.3 is 15.4 Å². The van der Waals surface area contributed by atoms with Gasteiger partial charge in [-0.2, -0.15) is 0 Å². The topological polar surface area (TPSA) is 102 Å². The van der Waals surface area contributed by atoms with E-state index in [9.17, 15) is 14.4 Å². The zero-order valence-corrected chi connectivity index (χ0v) is 12.0. The number of nitrogens with one attached hydrogen (secondary N) is 1. The number of hydrogen-bond donors (Lipinski definition) is 2. The van der Waals surface area contributed by atoms with Crippen molar-refractivity contribution in [3.05, 3.63) is 29.3 Å². The van der Waals surface area contributed by atoms with Crippen LogP contribution in [0.25, 0.3) is 0 Å². The van der Waals surface area contributed by atoms with E-state index in [0.717, 1.165) is 5.56 Å². The highest BCUT2D eigenvalue weighted by Crippen LogP contribution is 2.33. The second-order valence-electron chi connectivity index (χ2n) is 5.33. The van der Waals surface area contributed by atoms with Crippen LogP contribution in [-0.2, 0) is 16.1 Å². The number of imide groups is 1. The summed E-state index contributed by atoms with van der Waals surface area (Å²) in [5, 5.41) is 2.28. The molecular weight excluding hydrogens is 286 g/mol. The number of carbonyl (C=O) groups excluding carboxylic acids is 3. The van der Waals surface area contributed by atoms with Crippen molar-refractivity contribution in [1.29, 1.82) is 0 Å². The Morgan fingerprint density at radius 1 is 1.32 bits per heavy atom. The van der Waals surface area contributed by atoms with Crippen LogP contribution in [-0.4, -0.2) is 41.8 Å². The Balaban J connectivity index is 1.85. The van der Waals surface area contributed by atoms with Crippen LogP contribution in [0, 0.1) is 0 Å². The quantitative estimate of drug-likeness (QED) is 0.749. The van der Waals surface area contributed by atoms with Gasteiger partial charge in [-0.3, -0.25) is 19.7 Å². The van der Waals surface area contributed by atoms with Gasteiger partial charge in [-0.25, -0.2) is 0 Å². The van der Waals surface area contributed by atoms with Crippen molar-refractivity contribution in [2.75, 3.05) is 13.2 Å². The summed E-state index contributed by atoms with van der Waals surface area (Å²) in [6, 6.07) is 4.76. The Labute approximate surface area is 127 Å². The lowest BCUT2D eigenvalue weighted by Gasteiger charge is -2.29. The molecular formula is C15H17N3O4. The maximum absolute atomic E-state index is 12.7. The fourth-order valence-corrected chi connectivity index (χ4v) is 2.87. The molecule has 1 atom stereocenters. The van der Waals surface area contributed by atoms with Gasteiger partial charge in [0, 0.05) is 19.5 Å². The fraction of sp³-hybridized carbons (Fsp3) is 0.400. The summed E-state index contributed by atoms with van der Waals surface area (Å²) in [6.07, 6.45) is 0.594. The third kappa shape index (κ3) is 2.43. The highest BCUT2D eigenvalue weighted by molar-refractivity contribution is 6.06. The van der Waals surface area contributed by atoms with Crippen molar-refractivity contribution in [2.45, 2.75) is 25.4 Å². The van der Waals surface area contributed by atoms with Gasteiger partial charge in [0.05, 0.1) is 5.56 Å². The molecule has 3 rings (SSSR count). The van der Waals surface area contributed by atoms with Crippen LogP contribution in [0.4, 0.5) is 0 Å². The lowest BCUT2D eigenvalue weighted by molar-refractivity contribution is -0.136. The standard InChI is InChI=1S/C15H17N3O4/c16-6-7-22-11-3-1-2-9-8-18(15(21)13(9)11)10-4-5-12(19)17-14(10)20/h1-3,10H,4-8,16H2,(H,17,19,20). The van der Waals surface area contributed by atoms with E-state index in [1.807, 2.05) is 12.1 Å². The van der Waals surface area contributed by atoms with Gasteiger partial charge in [-0.1, -0.05) is 12.1 Å². The third-order valence-electron chi connectivity index (χ3n) is 3.89. The van der Waals surface area contributed by atoms with Crippen molar-refractivity contribution >= 4 is 17.7 Å². The number of nitrogens with two attached hydrogens (primary N) is 1. The van der Waals surface area contributed by atoms with E-state index < -0.39 is 11.9 Å². The van der Waals surface area contributed by atoms with E-state index in [1.165, 1.54) is 4.90 Å². The molecule has 0 saturated carbocycles. The molecule has 7 nitrogen and oxygen atoms in total. The second kappa shape index (κ2) is 5.76. The molecule has 0 spiro atoms. The zero-order valence-electron chi connectivity index (χ0n) is 12.0. The minimum Gasteiger partial charge on any atom is -0.491 e. The molecule has 116 valence electrons. The van der Waals surface area contributed by atoms with E-state index in [0.29, 0.717) is 37.4 Å². The minimum absolute atomic E-state index is 0.239. The number of carbonyl (C=O) groups is 3. The Morgan fingerprint density at radius 2 is 2.14 bits per heavy atom. The summed E-state index contributed by atoms with van der Waals surface area (Å²) in [7, 11) is 0. The van der Waals surface area contributed by atoms with Gasteiger partial charge in [0.15, 0.2) is 0 Å². The van der Waals surface area contributed by atoms with Crippen LogP contribution in [0.1, 0.15) is 28.8 Å². The molecule has 1 saturated heterocycles. The molecule has 0 radical (unpaired) electrons. The molecule has 2 aliphatic rings. The molecule has 2 aliphatic heterocycles. The van der Waals surface area contributed by atoms with Crippen LogP contribution >= 0.6 is 0 Å². The normalized spacial score (nSPS) is 20.9. The first kappa shape index (κ1) is 14.5. The van der Waals surface area contributed by atoms with Crippen LogP contribution in [0.5, 0.6) is 5.75 Å². The van der Waals surface area contributed by atoms with Gasteiger partial charge in [-0.15, -0.1) is 0 Å². The Bertz CT molecular complexity index is 644. The number of amides is 3. The van der Waals surface area contributed by atoms with Crippen LogP contribution in [0.3, 0.4) is 0 Å². The van der Waals surface area contributed by atoms with E-state index in [2.05, 4.69) is 5.32 Å². The molecule has 1 aromatic carbocycles.